The van der Waals surface area contributed by atoms with Crippen LogP contribution < -0.4 is 5.32 Å². The minimum absolute atomic E-state index is 0.0785. The number of nitrogens with zero attached hydrogens (tertiary/aromatic N) is 1. The highest BCUT2D eigenvalue weighted by Crippen LogP contribution is 2.20. The number of anilines is 1. The number of amides is 3. The molecule has 0 saturated heterocycles. The van der Waals surface area contributed by atoms with E-state index in [2.05, 4.69) is 12.2 Å². The average molecular weight is 336 g/mol. The van der Waals surface area contributed by atoms with Crippen molar-refractivity contribution in [3.05, 3.63) is 65.2 Å². The maximum Gasteiger partial charge on any atom is 0.260 e. The van der Waals surface area contributed by atoms with Crippen LogP contribution in [0.5, 0.6) is 0 Å². The van der Waals surface area contributed by atoms with Crippen LogP contribution in [0.4, 0.5) is 5.69 Å². The summed E-state index contributed by atoms with van der Waals surface area (Å²) < 4.78 is 0. The zero-order valence-electron chi connectivity index (χ0n) is 14.1. The number of benzene rings is 2. The Labute approximate surface area is 146 Å². The van der Waals surface area contributed by atoms with Crippen molar-refractivity contribution in [2.45, 2.75) is 26.2 Å². The highest BCUT2D eigenvalue weighted by Gasteiger charge is 2.30. The number of fused-ring (bicyclic) bond motifs is 1. The van der Waals surface area contributed by atoms with E-state index in [0.717, 1.165) is 12.0 Å². The molecule has 1 N–H and O–H groups in total. The molecule has 3 amide bonds. The summed E-state index contributed by atoms with van der Waals surface area (Å²) in [6.07, 6.45) is 1.21. The van der Waals surface area contributed by atoms with E-state index >= 15 is 0 Å². The molecule has 0 unspecified atom stereocenters. The summed E-state index contributed by atoms with van der Waals surface area (Å²) in [5.74, 6) is -0.806. The number of rotatable bonds is 5. The molecule has 1 aliphatic rings. The highest BCUT2D eigenvalue weighted by molar-refractivity contribution is 6.10. The van der Waals surface area contributed by atoms with Crippen LogP contribution in [-0.4, -0.2) is 29.2 Å². The Morgan fingerprint density at radius 1 is 1.08 bits per heavy atom. The lowest BCUT2D eigenvalue weighted by Crippen LogP contribution is -2.43. The van der Waals surface area contributed by atoms with Crippen LogP contribution in [0, 0.1) is 0 Å². The van der Waals surface area contributed by atoms with Crippen LogP contribution >= 0.6 is 0 Å². The molecule has 2 aromatic carbocycles. The SMILES string of the molecule is CCc1ccc(NC(=O)CCN2C(=O)Cc3ccccc3C2=O)cc1. The molecule has 0 atom stereocenters. The number of carbonyl (C=O) groups excluding carboxylic acids is 3. The summed E-state index contributed by atoms with van der Waals surface area (Å²) in [5, 5.41) is 2.79. The van der Waals surface area contributed by atoms with Crippen molar-refractivity contribution in [1.29, 1.82) is 0 Å². The van der Waals surface area contributed by atoms with E-state index in [0.29, 0.717) is 11.3 Å². The van der Waals surface area contributed by atoms with Gasteiger partial charge in [-0.1, -0.05) is 37.3 Å². The second-order valence-electron chi connectivity index (χ2n) is 6.03. The molecule has 2 aromatic rings. The van der Waals surface area contributed by atoms with Gasteiger partial charge in [0, 0.05) is 24.2 Å². The van der Waals surface area contributed by atoms with Gasteiger partial charge in [0.15, 0.2) is 0 Å². The smallest absolute Gasteiger partial charge is 0.260 e. The number of hydrogen-bond acceptors (Lipinski definition) is 3. The molecule has 5 heteroatoms. The number of imide groups is 1. The van der Waals surface area contributed by atoms with E-state index in [1.54, 1.807) is 18.2 Å². The minimum atomic E-state index is -0.327. The van der Waals surface area contributed by atoms with Crippen molar-refractivity contribution < 1.29 is 14.4 Å². The van der Waals surface area contributed by atoms with Gasteiger partial charge in [0.1, 0.15) is 0 Å². The third kappa shape index (κ3) is 3.76. The van der Waals surface area contributed by atoms with Crippen LogP contribution in [0.15, 0.2) is 48.5 Å². The summed E-state index contributed by atoms with van der Waals surface area (Å²) in [6.45, 7) is 2.16. The second-order valence-corrected chi connectivity index (χ2v) is 6.03. The van der Waals surface area contributed by atoms with Crippen molar-refractivity contribution in [2.24, 2.45) is 0 Å². The van der Waals surface area contributed by atoms with Crippen LogP contribution in [0.2, 0.25) is 0 Å². The summed E-state index contributed by atoms with van der Waals surface area (Å²) in [7, 11) is 0. The minimum Gasteiger partial charge on any atom is -0.326 e. The first-order valence-corrected chi connectivity index (χ1v) is 8.40. The fourth-order valence-corrected chi connectivity index (χ4v) is 2.89. The van der Waals surface area contributed by atoms with Crippen LogP contribution in [0.1, 0.15) is 34.8 Å². The second kappa shape index (κ2) is 7.30. The van der Waals surface area contributed by atoms with Crippen molar-refractivity contribution in [3.8, 4) is 0 Å². The Bertz CT molecular complexity index is 812. The van der Waals surface area contributed by atoms with E-state index in [9.17, 15) is 14.4 Å². The molecular weight excluding hydrogens is 316 g/mol. The van der Waals surface area contributed by atoms with Gasteiger partial charge in [0.05, 0.1) is 6.42 Å². The maximum atomic E-state index is 12.4. The van der Waals surface area contributed by atoms with Crippen LogP contribution in [-0.2, 0) is 22.4 Å². The lowest BCUT2D eigenvalue weighted by atomic mass is 9.98. The fourth-order valence-electron chi connectivity index (χ4n) is 2.89. The van der Waals surface area contributed by atoms with Crippen molar-refractivity contribution in [1.82, 2.24) is 4.90 Å². The monoisotopic (exact) mass is 336 g/mol. The van der Waals surface area contributed by atoms with Gasteiger partial charge in [-0.3, -0.25) is 19.3 Å². The molecule has 0 fully saturated rings. The third-order valence-corrected chi connectivity index (χ3v) is 4.34. The molecule has 1 aliphatic heterocycles. The Morgan fingerprint density at radius 2 is 1.80 bits per heavy atom. The Balaban J connectivity index is 1.60. The quantitative estimate of drug-likeness (QED) is 0.854. The van der Waals surface area contributed by atoms with Gasteiger partial charge >= 0.3 is 0 Å². The molecular formula is C20H20N2O3. The molecule has 0 aromatic heterocycles. The molecule has 3 rings (SSSR count). The lowest BCUT2D eigenvalue weighted by molar-refractivity contribution is -0.128. The molecule has 0 aliphatic carbocycles. The van der Waals surface area contributed by atoms with Crippen molar-refractivity contribution >= 4 is 23.4 Å². The van der Waals surface area contributed by atoms with E-state index in [1.165, 1.54) is 10.5 Å². The molecule has 0 bridgehead atoms. The molecule has 25 heavy (non-hydrogen) atoms. The van der Waals surface area contributed by atoms with E-state index in [-0.39, 0.29) is 37.1 Å². The largest absolute Gasteiger partial charge is 0.326 e. The molecule has 1 heterocycles. The van der Waals surface area contributed by atoms with Gasteiger partial charge in [-0.05, 0) is 35.7 Å². The molecule has 0 radical (unpaired) electrons. The van der Waals surface area contributed by atoms with Gasteiger partial charge in [0.2, 0.25) is 11.8 Å². The predicted molar refractivity (Wildman–Crippen MR) is 95.3 cm³/mol. The normalized spacial score (nSPS) is 13.6. The predicted octanol–water partition coefficient (Wildman–Crippen LogP) is 2.80. The number of nitrogens with one attached hydrogen (secondary N) is 1. The molecule has 128 valence electrons. The Morgan fingerprint density at radius 3 is 2.52 bits per heavy atom. The first kappa shape index (κ1) is 16.9. The summed E-state index contributed by atoms with van der Waals surface area (Å²) >= 11 is 0. The maximum absolute atomic E-state index is 12.4. The van der Waals surface area contributed by atoms with Crippen molar-refractivity contribution in [2.75, 3.05) is 11.9 Å². The van der Waals surface area contributed by atoms with Gasteiger partial charge in [-0.2, -0.15) is 0 Å². The number of carbonyl (C=O) groups is 3. The highest BCUT2D eigenvalue weighted by atomic mass is 16.2. The molecule has 0 spiro atoms. The first-order chi connectivity index (χ1) is 12.1. The molecule has 0 saturated carbocycles. The first-order valence-electron chi connectivity index (χ1n) is 8.40. The summed E-state index contributed by atoms with van der Waals surface area (Å²) in [5.41, 5.74) is 3.19. The van der Waals surface area contributed by atoms with Gasteiger partial charge in [-0.15, -0.1) is 0 Å². The fraction of sp³-hybridized carbons (Fsp3) is 0.250. The van der Waals surface area contributed by atoms with E-state index in [1.807, 2.05) is 30.3 Å². The Kier molecular flexibility index (Phi) is 4.93. The average Bonchev–Trinajstić information content (AvgIpc) is 2.62. The van der Waals surface area contributed by atoms with Crippen molar-refractivity contribution in [3.63, 3.8) is 0 Å². The van der Waals surface area contributed by atoms with E-state index in [4.69, 9.17) is 0 Å². The lowest BCUT2D eigenvalue weighted by Gasteiger charge is -2.26. The Hall–Kier alpha value is -2.95. The van der Waals surface area contributed by atoms with Gasteiger partial charge < -0.3 is 5.32 Å². The van der Waals surface area contributed by atoms with Crippen LogP contribution in [0.25, 0.3) is 0 Å². The topological polar surface area (TPSA) is 66.5 Å². The summed E-state index contributed by atoms with van der Waals surface area (Å²) in [6, 6.07) is 14.7. The zero-order chi connectivity index (χ0) is 17.8. The molecule has 5 nitrogen and oxygen atoms in total. The van der Waals surface area contributed by atoms with E-state index < -0.39 is 0 Å². The van der Waals surface area contributed by atoms with Gasteiger partial charge in [-0.25, -0.2) is 0 Å². The number of hydrogen-bond donors (Lipinski definition) is 1. The van der Waals surface area contributed by atoms with Gasteiger partial charge in [0.25, 0.3) is 5.91 Å². The number of aryl methyl sites for hydroxylation is 1. The zero-order valence-corrected chi connectivity index (χ0v) is 14.1. The third-order valence-electron chi connectivity index (χ3n) is 4.34. The standard InChI is InChI=1S/C20H20N2O3/c1-2-14-7-9-16(10-8-14)21-18(23)11-12-22-19(24)13-15-5-3-4-6-17(15)20(22)25/h3-10H,2,11-13H2,1H3,(H,21,23). The summed E-state index contributed by atoms with van der Waals surface area (Å²) in [4.78, 5) is 37.9. The van der Waals surface area contributed by atoms with Crippen LogP contribution in [0.3, 0.4) is 0 Å².